The zero-order chi connectivity index (χ0) is 14.6. The topological polar surface area (TPSA) is 52.6 Å². The second-order valence-corrected chi connectivity index (χ2v) is 4.45. The molecule has 8 heteroatoms. The summed E-state index contributed by atoms with van der Waals surface area (Å²) in [6.07, 6.45) is -4.96. The van der Waals surface area contributed by atoms with Gasteiger partial charge in [-0.1, -0.05) is 6.92 Å². The van der Waals surface area contributed by atoms with E-state index in [1.807, 2.05) is 6.92 Å². The third-order valence-electron chi connectivity index (χ3n) is 3.11. The Morgan fingerprint density at radius 1 is 1.21 bits per heavy atom. The molecule has 1 saturated heterocycles. The number of carbonyl (C=O) groups excluding carboxylic acids is 2. The number of carbonyl (C=O) groups is 2. The summed E-state index contributed by atoms with van der Waals surface area (Å²) in [6, 6.07) is -1.16. The minimum Gasteiger partial charge on any atom is -0.338 e. The molecule has 1 rings (SSSR count). The summed E-state index contributed by atoms with van der Waals surface area (Å²) >= 11 is 0. The largest absolute Gasteiger partial charge is 0.471 e. The SMILES string of the molecule is CCN1CCN(C(=O)[C@@H](C)NC(=O)C(F)(F)F)CC1. The molecule has 1 N–H and O–H groups in total. The third kappa shape index (κ3) is 4.38. The number of nitrogens with zero attached hydrogens (tertiary/aromatic N) is 2. The first-order valence-corrected chi connectivity index (χ1v) is 6.14. The molecule has 0 spiro atoms. The second kappa shape index (κ2) is 6.23. The zero-order valence-electron chi connectivity index (χ0n) is 11.0. The number of alkyl halides is 3. The number of rotatable bonds is 3. The Hall–Kier alpha value is -1.31. The molecule has 0 aliphatic carbocycles. The van der Waals surface area contributed by atoms with E-state index < -0.39 is 24.0 Å². The molecular formula is C11H18F3N3O2. The van der Waals surface area contributed by atoms with Gasteiger partial charge < -0.3 is 15.1 Å². The molecule has 0 aromatic rings. The zero-order valence-corrected chi connectivity index (χ0v) is 11.0. The van der Waals surface area contributed by atoms with Crippen LogP contribution in [0.4, 0.5) is 13.2 Å². The lowest BCUT2D eigenvalue weighted by atomic mass is 10.2. The lowest BCUT2D eigenvalue weighted by molar-refractivity contribution is -0.175. The van der Waals surface area contributed by atoms with E-state index in [0.717, 1.165) is 6.54 Å². The highest BCUT2D eigenvalue weighted by Crippen LogP contribution is 2.14. The predicted octanol–water partition coefficient (Wildman–Crippen LogP) is 0.217. The van der Waals surface area contributed by atoms with Crippen LogP contribution in [0.1, 0.15) is 13.8 Å². The maximum Gasteiger partial charge on any atom is 0.471 e. The van der Waals surface area contributed by atoms with Crippen LogP contribution in [-0.2, 0) is 9.59 Å². The van der Waals surface area contributed by atoms with Gasteiger partial charge in [-0.25, -0.2) is 0 Å². The van der Waals surface area contributed by atoms with E-state index in [2.05, 4.69) is 4.90 Å². The molecule has 1 aliphatic rings. The summed E-state index contributed by atoms with van der Waals surface area (Å²) in [4.78, 5) is 26.2. The number of nitrogens with one attached hydrogen (secondary N) is 1. The van der Waals surface area contributed by atoms with Crippen molar-refractivity contribution < 1.29 is 22.8 Å². The Bertz CT molecular complexity index is 339. The van der Waals surface area contributed by atoms with Gasteiger partial charge in [0.1, 0.15) is 6.04 Å². The van der Waals surface area contributed by atoms with Crippen molar-refractivity contribution in [3.63, 3.8) is 0 Å². The van der Waals surface area contributed by atoms with E-state index in [9.17, 15) is 22.8 Å². The first kappa shape index (κ1) is 15.7. The molecule has 110 valence electrons. The number of halogens is 3. The second-order valence-electron chi connectivity index (χ2n) is 4.45. The minimum absolute atomic E-state index is 0.471. The highest BCUT2D eigenvalue weighted by atomic mass is 19.4. The molecule has 19 heavy (non-hydrogen) atoms. The van der Waals surface area contributed by atoms with E-state index in [1.165, 1.54) is 11.8 Å². The molecular weight excluding hydrogens is 263 g/mol. The number of piperazine rings is 1. The Morgan fingerprint density at radius 3 is 2.16 bits per heavy atom. The first-order valence-electron chi connectivity index (χ1n) is 6.14. The third-order valence-corrected chi connectivity index (χ3v) is 3.11. The fraction of sp³-hybridized carbons (Fsp3) is 0.818. The summed E-state index contributed by atoms with van der Waals surface area (Å²) in [5, 5.41) is 1.67. The average molecular weight is 281 g/mol. The first-order chi connectivity index (χ1) is 8.75. The van der Waals surface area contributed by atoms with E-state index in [4.69, 9.17) is 0 Å². The molecule has 0 bridgehead atoms. The Balaban J connectivity index is 2.47. The van der Waals surface area contributed by atoms with Crippen molar-refractivity contribution in [3.8, 4) is 0 Å². The van der Waals surface area contributed by atoms with Crippen molar-refractivity contribution in [1.82, 2.24) is 15.1 Å². The summed E-state index contributed by atoms with van der Waals surface area (Å²) in [5.74, 6) is -2.56. The summed E-state index contributed by atoms with van der Waals surface area (Å²) in [6.45, 7) is 6.48. The van der Waals surface area contributed by atoms with E-state index in [1.54, 1.807) is 5.32 Å². The molecule has 1 aliphatic heterocycles. The Labute approximate surface area is 109 Å². The quantitative estimate of drug-likeness (QED) is 0.805. The van der Waals surface area contributed by atoms with Gasteiger partial charge >= 0.3 is 12.1 Å². The van der Waals surface area contributed by atoms with Crippen molar-refractivity contribution in [2.75, 3.05) is 32.7 Å². The minimum atomic E-state index is -4.96. The molecule has 0 saturated carbocycles. The number of amides is 2. The maximum absolute atomic E-state index is 12.1. The van der Waals surface area contributed by atoms with Crippen LogP contribution in [0.2, 0.25) is 0 Å². The van der Waals surface area contributed by atoms with Crippen molar-refractivity contribution in [2.24, 2.45) is 0 Å². The molecule has 5 nitrogen and oxygen atoms in total. The van der Waals surface area contributed by atoms with Gasteiger partial charge in [0.25, 0.3) is 0 Å². The van der Waals surface area contributed by atoms with Crippen molar-refractivity contribution in [3.05, 3.63) is 0 Å². The number of likely N-dealkylation sites (N-methyl/N-ethyl adjacent to an activating group) is 1. The van der Waals surface area contributed by atoms with Crippen LogP contribution in [0.3, 0.4) is 0 Å². The maximum atomic E-state index is 12.1. The van der Waals surface area contributed by atoms with Crippen molar-refractivity contribution in [1.29, 1.82) is 0 Å². The van der Waals surface area contributed by atoms with Crippen LogP contribution >= 0.6 is 0 Å². The van der Waals surface area contributed by atoms with E-state index in [-0.39, 0.29) is 0 Å². The molecule has 1 fully saturated rings. The molecule has 1 atom stereocenters. The van der Waals surface area contributed by atoms with Gasteiger partial charge in [0.05, 0.1) is 0 Å². The van der Waals surface area contributed by atoms with Gasteiger partial charge in [-0.2, -0.15) is 13.2 Å². The highest BCUT2D eigenvalue weighted by molar-refractivity contribution is 5.89. The average Bonchev–Trinajstić information content (AvgIpc) is 2.36. The van der Waals surface area contributed by atoms with Crippen LogP contribution in [0.5, 0.6) is 0 Å². The van der Waals surface area contributed by atoms with Crippen LogP contribution in [0.25, 0.3) is 0 Å². The monoisotopic (exact) mass is 281 g/mol. The summed E-state index contributed by atoms with van der Waals surface area (Å²) in [7, 11) is 0. The predicted molar refractivity (Wildman–Crippen MR) is 62.4 cm³/mol. The molecule has 2 amide bonds. The fourth-order valence-electron chi connectivity index (χ4n) is 1.90. The Morgan fingerprint density at radius 2 is 1.74 bits per heavy atom. The van der Waals surface area contributed by atoms with Crippen LogP contribution in [0.15, 0.2) is 0 Å². The van der Waals surface area contributed by atoms with Crippen LogP contribution in [-0.4, -0.2) is 66.6 Å². The van der Waals surface area contributed by atoms with Gasteiger partial charge in [0.2, 0.25) is 5.91 Å². The molecule has 0 aromatic heterocycles. The standard InChI is InChI=1S/C11H18F3N3O2/c1-3-16-4-6-17(7-5-16)9(18)8(2)15-10(19)11(12,13)14/h8H,3-7H2,1-2H3,(H,15,19)/t8-/m1/s1. The van der Waals surface area contributed by atoms with Crippen molar-refractivity contribution >= 4 is 11.8 Å². The van der Waals surface area contributed by atoms with Gasteiger partial charge in [-0.3, -0.25) is 9.59 Å². The molecule has 0 unspecified atom stereocenters. The van der Waals surface area contributed by atoms with Crippen LogP contribution < -0.4 is 5.32 Å². The molecule has 1 heterocycles. The fourth-order valence-corrected chi connectivity index (χ4v) is 1.90. The smallest absolute Gasteiger partial charge is 0.338 e. The highest BCUT2D eigenvalue weighted by Gasteiger charge is 2.40. The summed E-state index contributed by atoms with van der Waals surface area (Å²) < 4.78 is 36.2. The lowest BCUT2D eigenvalue weighted by Gasteiger charge is -2.35. The van der Waals surface area contributed by atoms with E-state index in [0.29, 0.717) is 26.2 Å². The molecule has 0 radical (unpaired) electrons. The van der Waals surface area contributed by atoms with Gasteiger partial charge in [-0.15, -0.1) is 0 Å². The van der Waals surface area contributed by atoms with Gasteiger partial charge in [0, 0.05) is 26.2 Å². The normalized spacial score (nSPS) is 19.1. The van der Waals surface area contributed by atoms with Gasteiger partial charge in [0.15, 0.2) is 0 Å². The molecule has 0 aromatic carbocycles. The summed E-state index contributed by atoms with van der Waals surface area (Å²) in [5.41, 5.74) is 0. The Kier molecular flexibility index (Phi) is 5.16. The van der Waals surface area contributed by atoms with Crippen LogP contribution in [0, 0.1) is 0 Å². The van der Waals surface area contributed by atoms with Gasteiger partial charge in [-0.05, 0) is 13.5 Å². The lowest BCUT2D eigenvalue weighted by Crippen LogP contribution is -2.55. The number of hydrogen-bond donors (Lipinski definition) is 1. The van der Waals surface area contributed by atoms with Crippen molar-refractivity contribution in [2.45, 2.75) is 26.1 Å². The van der Waals surface area contributed by atoms with E-state index >= 15 is 0 Å². The number of hydrogen-bond acceptors (Lipinski definition) is 3.